The topological polar surface area (TPSA) is 125 Å². The van der Waals surface area contributed by atoms with E-state index in [1.165, 1.54) is 6.07 Å². The van der Waals surface area contributed by atoms with Crippen molar-refractivity contribution in [3.05, 3.63) is 50.1 Å². The summed E-state index contributed by atoms with van der Waals surface area (Å²) < 4.78 is 58.2. The van der Waals surface area contributed by atoms with Gasteiger partial charge in [-0.25, -0.2) is 22.7 Å². The van der Waals surface area contributed by atoms with E-state index in [0.29, 0.717) is 6.07 Å². The number of hydroxylamine groups is 1. The minimum Gasteiger partial charge on any atom is -0.481 e. The van der Waals surface area contributed by atoms with E-state index in [1.54, 1.807) is 12.1 Å². The number of hydrogen-bond donors (Lipinski definition) is 3. The van der Waals surface area contributed by atoms with Gasteiger partial charge in [-0.2, -0.15) is 4.31 Å². The Balaban J connectivity index is 2.13. The molecule has 1 heterocycles. The van der Waals surface area contributed by atoms with Crippen molar-refractivity contribution in [2.45, 2.75) is 17.7 Å². The van der Waals surface area contributed by atoms with E-state index in [-0.39, 0.29) is 30.1 Å². The van der Waals surface area contributed by atoms with Gasteiger partial charge in [-0.15, -0.1) is 0 Å². The lowest BCUT2D eigenvalue weighted by Gasteiger charge is -2.30. The first-order chi connectivity index (χ1) is 16.0. The summed E-state index contributed by atoms with van der Waals surface area (Å²) in [6.45, 7) is -0.485. The van der Waals surface area contributed by atoms with Gasteiger partial charge in [0.15, 0.2) is 11.6 Å². The maximum absolute atomic E-state index is 15.2. The maximum atomic E-state index is 15.2. The van der Waals surface area contributed by atoms with Gasteiger partial charge in [0.05, 0.1) is 35.0 Å². The predicted octanol–water partition coefficient (Wildman–Crippen LogP) is 3.74. The second-order valence-electron chi connectivity index (χ2n) is 7.35. The molecule has 184 valence electrons. The number of anilines is 2. The van der Waals surface area contributed by atoms with E-state index in [4.69, 9.17) is 11.6 Å². The van der Waals surface area contributed by atoms with Crippen LogP contribution in [0.5, 0.6) is 0 Å². The molecule has 1 atom stereocenters. The highest BCUT2D eigenvalue weighted by atomic mass is 127. The number of nitrogens with one attached hydrogen (secondary N) is 2. The van der Waals surface area contributed by atoms with Crippen molar-refractivity contribution < 1.29 is 36.7 Å². The molecule has 0 bridgehead atoms. The third kappa shape index (κ3) is 5.43. The number of nitrogens with zero attached hydrogens (tertiary/aromatic N) is 1. The average Bonchev–Trinajstić information content (AvgIpc) is 2.78. The number of carboxylic acid groups (broad SMARTS) is 1. The number of benzene rings is 2. The Labute approximate surface area is 212 Å². The number of hydrogen-bond acceptors (Lipinski definition) is 6. The summed E-state index contributed by atoms with van der Waals surface area (Å²) in [6.07, 6.45) is 0.474. The van der Waals surface area contributed by atoms with Gasteiger partial charge in [-0.05, 0) is 59.7 Å². The minimum absolute atomic E-state index is 0.0783. The Bertz CT molecular complexity index is 1250. The lowest BCUT2D eigenvalue weighted by Crippen LogP contribution is -2.42. The number of halogens is 4. The first-order valence-corrected chi connectivity index (χ1v) is 12.7. The molecular formula is C20H19ClF2IN3O6S. The molecule has 9 nitrogen and oxygen atoms in total. The minimum atomic E-state index is -4.68. The van der Waals surface area contributed by atoms with Crippen LogP contribution in [0.15, 0.2) is 29.2 Å². The van der Waals surface area contributed by atoms with Gasteiger partial charge in [0.1, 0.15) is 4.90 Å². The molecule has 2 aromatic carbocycles. The Morgan fingerprint density at radius 2 is 1.97 bits per heavy atom. The highest BCUT2D eigenvalue weighted by Gasteiger charge is 2.37. The van der Waals surface area contributed by atoms with Crippen LogP contribution in [-0.2, 0) is 19.7 Å². The van der Waals surface area contributed by atoms with Crippen LogP contribution in [0, 0.1) is 21.1 Å². The van der Waals surface area contributed by atoms with Crippen LogP contribution in [-0.4, -0.2) is 49.9 Å². The zero-order valence-electron chi connectivity index (χ0n) is 17.6. The molecule has 1 unspecified atom stereocenters. The average molecular weight is 630 g/mol. The highest BCUT2D eigenvalue weighted by Crippen LogP contribution is 2.35. The van der Waals surface area contributed by atoms with Crippen molar-refractivity contribution >= 4 is 67.5 Å². The SMILES string of the molecule is CONC(=O)c1cc(S(=O)(=O)N2CCCC(C(=O)O)C2)c(F)c(F)c1Nc1ccc(I)cc1Cl. The molecule has 0 spiro atoms. The van der Waals surface area contributed by atoms with Crippen molar-refractivity contribution in [1.29, 1.82) is 0 Å². The molecule has 0 aliphatic carbocycles. The Hall–Kier alpha value is -2.07. The fourth-order valence-electron chi connectivity index (χ4n) is 3.47. The zero-order valence-corrected chi connectivity index (χ0v) is 21.3. The van der Waals surface area contributed by atoms with E-state index in [9.17, 15) is 23.1 Å². The van der Waals surface area contributed by atoms with Gasteiger partial charge in [0, 0.05) is 16.7 Å². The molecule has 1 amide bonds. The third-order valence-electron chi connectivity index (χ3n) is 5.15. The van der Waals surface area contributed by atoms with E-state index in [2.05, 4.69) is 10.2 Å². The number of carbonyl (C=O) groups is 2. The fourth-order valence-corrected chi connectivity index (χ4v) is 5.98. The first kappa shape index (κ1) is 26.5. The van der Waals surface area contributed by atoms with Crippen LogP contribution in [0.25, 0.3) is 0 Å². The maximum Gasteiger partial charge on any atom is 0.307 e. The van der Waals surface area contributed by atoms with E-state index < -0.39 is 62.1 Å². The Kier molecular flexibility index (Phi) is 8.34. The lowest BCUT2D eigenvalue weighted by molar-refractivity contribution is -0.142. The molecule has 1 aliphatic heterocycles. The summed E-state index contributed by atoms with van der Waals surface area (Å²) in [4.78, 5) is 27.4. The summed E-state index contributed by atoms with van der Waals surface area (Å²) >= 11 is 8.15. The summed E-state index contributed by atoms with van der Waals surface area (Å²) in [6, 6.07) is 5.33. The lowest BCUT2D eigenvalue weighted by atomic mass is 10.0. The van der Waals surface area contributed by atoms with Crippen LogP contribution < -0.4 is 10.8 Å². The second kappa shape index (κ2) is 10.7. The molecule has 1 fully saturated rings. The first-order valence-electron chi connectivity index (χ1n) is 9.77. The largest absolute Gasteiger partial charge is 0.481 e. The smallest absolute Gasteiger partial charge is 0.307 e. The van der Waals surface area contributed by atoms with Crippen molar-refractivity contribution in [1.82, 2.24) is 9.79 Å². The molecule has 1 saturated heterocycles. The van der Waals surface area contributed by atoms with Crippen LogP contribution >= 0.6 is 34.2 Å². The van der Waals surface area contributed by atoms with E-state index >= 15 is 8.78 Å². The number of amides is 1. The van der Waals surface area contributed by atoms with Crippen molar-refractivity contribution in [3.63, 3.8) is 0 Å². The summed E-state index contributed by atoms with van der Waals surface area (Å²) in [7, 11) is -3.57. The van der Waals surface area contributed by atoms with Gasteiger partial charge in [0.25, 0.3) is 5.91 Å². The third-order valence-corrected chi connectivity index (χ3v) is 8.00. The van der Waals surface area contributed by atoms with Gasteiger partial charge in [0.2, 0.25) is 10.0 Å². The highest BCUT2D eigenvalue weighted by molar-refractivity contribution is 14.1. The van der Waals surface area contributed by atoms with Crippen LogP contribution in [0.1, 0.15) is 23.2 Å². The second-order valence-corrected chi connectivity index (χ2v) is 10.9. The van der Waals surface area contributed by atoms with Crippen LogP contribution in [0.3, 0.4) is 0 Å². The Morgan fingerprint density at radius 1 is 1.26 bits per heavy atom. The molecular weight excluding hydrogens is 611 g/mol. The molecule has 2 aromatic rings. The normalized spacial score (nSPS) is 16.8. The van der Waals surface area contributed by atoms with E-state index in [0.717, 1.165) is 15.0 Å². The Morgan fingerprint density at radius 3 is 2.59 bits per heavy atom. The fraction of sp³-hybridized carbons (Fsp3) is 0.300. The van der Waals surface area contributed by atoms with Crippen LogP contribution in [0.2, 0.25) is 5.02 Å². The summed E-state index contributed by atoms with van der Waals surface area (Å²) in [5.74, 6) is -6.60. The summed E-state index contributed by atoms with van der Waals surface area (Å²) in [5, 5.41) is 11.9. The number of sulfonamides is 1. The number of rotatable bonds is 7. The van der Waals surface area contributed by atoms with Crippen LogP contribution in [0.4, 0.5) is 20.2 Å². The number of carbonyl (C=O) groups excluding carboxylic acids is 1. The van der Waals surface area contributed by atoms with Gasteiger partial charge in [-0.1, -0.05) is 11.6 Å². The molecule has 1 aliphatic rings. The number of aliphatic carboxylic acids is 1. The standard InChI is InChI=1S/C20H19ClF2IN3O6S/c1-33-26-19(28)12-8-15(34(31,32)27-6-2-3-10(9-27)20(29)30)16(22)17(23)18(12)25-14-5-4-11(24)7-13(14)21/h4-5,7-8,10,25H,2-3,6,9H2,1H3,(H,26,28)(H,29,30). The zero-order chi connectivity index (χ0) is 25.2. The van der Waals surface area contributed by atoms with Crippen molar-refractivity contribution in [3.8, 4) is 0 Å². The summed E-state index contributed by atoms with van der Waals surface area (Å²) in [5.41, 5.74) is 0.867. The molecule has 3 N–H and O–H groups in total. The predicted molar refractivity (Wildman–Crippen MR) is 127 cm³/mol. The van der Waals surface area contributed by atoms with Gasteiger partial charge in [-0.3, -0.25) is 14.4 Å². The molecule has 0 radical (unpaired) electrons. The van der Waals surface area contributed by atoms with Gasteiger partial charge < -0.3 is 10.4 Å². The number of carboxylic acids is 1. The van der Waals surface area contributed by atoms with Crippen molar-refractivity contribution in [2.75, 3.05) is 25.5 Å². The molecule has 34 heavy (non-hydrogen) atoms. The molecule has 0 aromatic heterocycles. The number of piperidine rings is 1. The molecule has 0 saturated carbocycles. The van der Waals surface area contributed by atoms with Crippen molar-refractivity contribution in [2.24, 2.45) is 5.92 Å². The molecule has 3 rings (SSSR count). The van der Waals surface area contributed by atoms with Gasteiger partial charge >= 0.3 is 5.97 Å². The quantitative estimate of drug-likeness (QED) is 0.315. The monoisotopic (exact) mass is 629 g/mol. The molecule has 14 heteroatoms. The van der Waals surface area contributed by atoms with E-state index in [1.807, 2.05) is 28.1 Å².